The minimum absolute atomic E-state index is 0.168. The van der Waals surface area contributed by atoms with Gasteiger partial charge in [-0.3, -0.25) is 4.79 Å². The van der Waals surface area contributed by atoms with E-state index in [2.05, 4.69) is 10.2 Å². The average Bonchev–Trinajstić information content (AvgIpc) is 3.13. The summed E-state index contributed by atoms with van der Waals surface area (Å²) in [5, 5.41) is 3.00. The van der Waals surface area contributed by atoms with Crippen LogP contribution in [0.5, 0.6) is 0 Å². The van der Waals surface area contributed by atoms with E-state index in [4.69, 9.17) is 5.73 Å². The maximum atomic E-state index is 11.5. The molecule has 4 heteroatoms. The molecule has 1 saturated carbocycles. The van der Waals surface area contributed by atoms with Crippen LogP contribution >= 0.6 is 0 Å². The van der Waals surface area contributed by atoms with Crippen LogP contribution in [0.25, 0.3) is 0 Å². The fourth-order valence-electron chi connectivity index (χ4n) is 1.83. The highest BCUT2D eigenvalue weighted by molar-refractivity contribution is 5.76. The lowest BCUT2D eigenvalue weighted by atomic mass is 10.2. The van der Waals surface area contributed by atoms with E-state index in [1.54, 1.807) is 0 Å². The summed E-state index contributed by atoms with van der Waals surface area (Å²) >= 11 is 0. The van der Waals surface area contributed by atoms with Gasteiger partial charge in [0, 0.05) is 31.2 Å². The zero-order chi connectivity index (χ0) is 13.0. The van der Waals surface area contributed by atoms with Crippen molar-refractivity contribution in [2.75, 3.05) is 19.3 Å². The predicted molar refractivity (Wildman–Crippen MR) is 73.0 cm³/mol. The fraction of sp³-hybridized carbons (Fsp3) is 0.500. The Bertz CT molecular complexity index is 398. The normalized spacial score (nSPS) is 14.8. The zero-order valence-corrected chi connectivity index (χ0v) is 10.9. The van der Waals surface area contributed by atoms with Crippen LogP contribution in [-0.4, -0.2) is 30.4 Å². The molecule has 3 N–H and O–H groups in total. The van der Waals surface area contributed by atoms with Gasteiger partial charge in [0.05, 0.1) is 0 Å². The molecule has 98 valence electrons. The molecule has 1 aliphatic rings. The van der Waals surface area contributed by atoms with Gasteiger partial charge in [-0.2, -0.15) is 0 Å². The minimum atomic E-state index is 0.168. The Labute approximate surface area is 108 Å². The van der Waals surface area contributed by atoms with Gasteiger partial charge in [-0.15, -0.1) is 0 Å². The van der Waals surface area contributed by atoms with Crippen LogP contribution < -0.4 is 11.1 Å². The number of amides is 1. The third-order valence-corrected chi connectivity index (χ3v) is 3.10. The molecule has 1 fully saturated rings. The molecular formula is C14H21N3O. The van der Waals surface area contributed by atoms with E-state index in [-0.39, 0.29) is 5.91 Å². The second kappa shape index (κ2) is 5.87. The zero-order valence-electron chi connectivity index (χ0n) is 10.9. The molecule has 0 atom stereocenters. The van der Waals surface area contributed by atoms with Gasteiger partial charge in [-0.25, -0.2) is 0 Å². The Hall–Kier alpha value is -1.55. The molecule has 0 spiro atoms. The summed E-state index contributed by atoms with van der Waals surface area (Å²) in [5.41, 5.74) is 7.64. The second-order valence-corrected chi connectivity index (χ2v) is 5.07. The molecule has 0 unspecified atom stereocenters. The van der Waals surface area contributed by atoms with Gasteiger partial charge in [-0.05, 0) is 37.6 Å². The standard InChI is InChI=1S/C14H21N3O/c1-17(9-8-14(18)16-13-6-7-13)10-11-2-4-12(15)5-3-11/h2-5,13H,6-10,15H2,1H3,(H,16,18). The van der Waals surface area contributed by atoms with Crippen molar-refractivity contribution in [2.45, 2.75) is 31.8 Å². The van der Waals surface area contributed by atoms with Gasteiger partial charge in [0.1, 0.15) is 0 Å². The Balaban J connectivity index is 1.69. The molecule has 1 aromatic rings. The van der Waals surface area contributed by atoms with Gasteiger partial charge in [0.2, 0.25) is 5.91 Å². The molecule has 1 aliphatic carbocycles. The van der Waals surface area contributed by atoms with E-state index in [0.29, 0.717) is 12.5 Å². The van der Waals surface area contributed by atoms with Crippen LogP contribution in [0, 0.1) is 0 Å². The maximum absolute atomic E-state index is 11.5. The molecule has 0 aliphatic heterocycles. The number of carbonyl (C=O) groups is 1. The van der Waals surface area contributed by atoms with E-state index < -0.39 is 0 Å². The van der Waals surface area contributed by atoms with E-state index >= 15 is 0 Å². The predicted octanol–water partition coefficient (Wildman–Crippen LogP) is 1.37. The molecule has 0 bridgehead atoms. The number of nitrogens with one attached hydrogen (secondary N) is 1. The van der Waals surface area contributed by atoms with Gasteiger partial charge in [0.15, 0.2) is 0 Å². The van der Waals surface area contributed by atoms with Crippen molar-refractivity contribution < 1.29 is 4.79 Å². The molecule has 4 nitrogen and oxygen atoms in total. The number of nitrogens with two attached hydrogens (primary N) is 1. The number of hydrogen-bond donors (Lipinski definition) is 2. The number of nitrogens with zero attached hydrogens (tertiary/aromatic N) is 1. The summed E-state index contributed by atoms with van der Waals surface area (Å²) in [7, 11) is 2.03. The first-order chi connectivity index (χ1) is 8.63. The Morgan fingerprint density at radius 1 is 1.39 bits per heavy atom. The third-order valence-electron chi connectivity index (χ3n) is 3.10. The molecule has 18 heavy (non-hydrogen) atoms. The molecule has 0 radical (unpaired) electrons. The molecule has 0 heterocycles. The van der Waals surface area contributed by atoms with Crippen molar-refractivity contribution >= 4 is 11.6 Å². The van der Waals surface area contributed by atoms with Crippen molar-refractivity contribution in [3.05, 3.63) is 29.8 Å². The lowest BCUT2D eigenvalue weighted by molar-refractivity contribution is -0.121. The van der Waals surface area contributed by atoms with Crippen LogP contribution in [0.2, 0.25) is 0 Å². The highest BCUT2D eigenvalue weighted by Crippen LogP contribution is 2.18. The molecule has 2 rings (SSSR count). The lowest BCUT2D eigenvalue weighted by Crippen LogP contribution is -2.29. The molecular weight excluding hydrogens is 226 g/mol. The van der Waals surface area contributed by atoms with Crippen LogP contribution in [-0.2, 0) is 11.3 Å². The fourth-order valence-corrected chi connectivity index (χ4v) is 1.83. The highest BCUT2D eigenvalue weighted by Gasteiger charge is 2.22. The minimum Gasteiger partial charge on any atom is -0.399 e. The van der Waals surface area contributed by atoms with Crippen LogP contribution in [0.15, 0.2) is 24.3 Å². The van der Waals surface area contributed by atoms with E-state index in [0.717, 1.165) is 31.6 Å². The van der Waals surface area contributed by atoms with Crippen molar-refractivity contribution in [1.29, 1.82) is 0 Å². The first-order valence-corrected chi connectivity index (χ1v) is 6.46. The molecule has 0 saturated heterocycles. The Morgan fingerprint density at radius 2 is 2.06 bits per heavy atom. The second-order valence-electron chi connectivity index (χ2n) is 5.07. The van der Waals surface area contributed by atoms with Gasteiger partial charge in [0.25, 0.3) is 0 Å². The molecule has 1 amide bonds. The summed E-state index contributed by atoms with van der Waals surface area (Å²) in [4.78, 5) is 13.7. The Morgan fingerprint density at radius 3 is 2.67 bits per heavy atom. The maximum Gasteiger partial charge on any atom is 0.221 e. The SMILES string of the molecule is CN(CCC(=O)NC1CC1)Cc1ccc(N)cc1. The summed E-state index contributed by atoms with van der Waals surface area (Å²) < 4.78 is 0. The number of rotatable bonds is 6. The molecule has 0 aromatic heterocycles. The van der Waals surface area contributed by atoms with Crippen molar-refractivity contribution in [2.24, 2.45) is 0 Å². The summed E-state index contributed by atoms with van der Waals surface area (Å²) in [6.07, 6.45) is 2.86. The quantitative estimate of drug-likeness (QED) is 0.746. The third kappa shape index (κ3) is 4.37. The van der Waals surface area contributed by atoms with Crippen molar-refractivity contribution in [1.82, 2.24) is 10.2 Å². The average molecular weight is 247 g/mol. The topological polar surface area (TPSA) is 58.4 Å². The van der Waals surface area contributed by atoms with Crippen molar-refractivity contribution in [3.8, 4) is 0 Å². The number of nitrogen functional groups attached to an aromatic ring is 1. The largest absolute Gasteiger partial charge is 0.399 e. The van der Waals surface area contributed by atoms with Gasteiger partial charge in [-0.1, -0.05) is 12.1 Å². The number of anilines is 1. The first kappa shape index (κ1) is 12.9. The first-order valence-electron chi connectivity index (χ1n) is 6.46. The van der Waals surface area contributed by atoms with Crippen LogP contribution in [0.1, 0.15) is 24.8 Å². The van der Waals surface area contributed by atoms with Crippen LogP contribution in [0.4, 0.5) is 5.69 Å². The number of hydrogen-bond acceptors (Lipinski definition) is 3. The van der Waals surface area contributed by atoms with Crippen LogP contribution in [0.3, 0.4) is 0 Å². The lowest BCUT2D eigenvalue weighted by Gasteiger charge is -2.16. The summed E-state index contributed by atoms with van der Waals surface area (Å²) in [5.74, 6) is 0.168. The van der Waals surface area contributed by atoms with Gasteiger partial charge >= 0.3 is 0 Å². The van der Waals surface area contributed by atoms with E-state index in [1.807, 2.05) is 31.3 Å². The number of benzene rings is 1. The van der Waals surface area contributed by atoms with Crippen molar-refractivity contribution in [3.63, 3.8) is 0 Å². The molecule has 1 aromatic carbocycles. The van der Waals surface area contributed by atoms with E-state index in [9.17, 15) is 4.79 Å². The van der Waals surface area contributed by atoms with E-state index in [1.165, 1.54) is 5.56 Å². The summed E-state index contributed by atoms with van der Waals surface area (Å²) in [6, 6.07) is 8.32. The monoisotopic (exact) mass is 247 g/mol. The smallest absolute Gasteiger partial charge is 0.221 e. The highest BCUT2D eigenvalue weighted by atomic mass is 16.1. The van der Waals surface area contributed by atoms with Gasteiger partial charge < -0.3 is 16.0 Å². The Kier molecular flexibility index (Phi) is 4.20. The number of carbonyl (C=O) groups excluding carboxylic acids is 1. The summed E-state index contributed by atoms with van der Waals surface area (Å²) in [6.45, 7) is 1.62.